The first kappa shape index (κ1) is 18.5. The number of benzene rings is 1. The molecule has 4 aromatic rings. The fraction of sp³-hybridized carbons (Fsp3) is 0.238. The van der Waals surface area contributed by atoms with Crippen LogP contribution in [0, 0.1) is 17.6 Å². The molecular formula is C21H15F2N5O2S. The summed E-state index contributed by atoms with van der Waals surface area (Å²) in [6.45, 7) is 0. The van der Waals surface area contributed by atoms with E-state index in [-0.39, 0.29) is 28.7 Å². The first-order valence-electron chi connectivity index (χ1n) is 9.82. The van der Waals surface area contributed by atoms with Crippen molar-refractivity contribution >= 4 is 40.1 Å². The molecule has 7 nitrogen and oxygen atoms in total. The summed E-state index contributed by atoms with van der Waals surface area (Å²) in [6.07, 6.45) is 3.78. The Balaban J connectivity index is 1.35. The van der Waals surface area contributed by atoms with Crippen molar-refractivity contribution in [1.82, 2.24) is 20.2 Å². The lowest BCUT2D eigenvalue weighted by atomic mass is 9.72. The van der Waals surface area contributed by atoms with Gasteiger partial charge in [-0.3, -0.25) is 9.89 Å². The molecule has 2 atom stereocenters. The second kappa shape index (κ2) is 6.88. The Morgan fingerprint density at radius 1 is 1.16 bits per heavy atom. The van der Waals surface area contributed by atoms with Gasteiger partial charge >= 0.3 is 0 Å². The number of carbonyl (C=O) groups excluding carboxylic acids is 1. The van der Waals surface area contributed by atoms with E-state index in [1.54, 1.807) is 12.3 Å². The molecule has 2 unspecified atom stereocenters. The number of hydrogen-bond donors (Lipinski definition) is 2. The summed E-state index contributed by atoms with van der Waals surface area (Å²) in [5, 5.41) is 7.90. The molecule has 4 heterocycles. The Morgan fingerprint density at radius 3 is 2.97 bits per heavy atom. The van der Waals surface area contributed by atoms with Crippen LogP contribution in [0.3, 0.4) is 0 Å². The molecule has 1 aliphatic heterocycles. The lowest BCUT2D eigenvalue weighted by molar-refractivity contribution is -0.122. The van der Waals surface area contributed by atoms with Crippen LogP contribution in [0.4, 0.5) is 14.6 Å². The van der Waals surface area contributed by atoms with Gasteiger partial charge in [-0.2, -0.15) is 5.10 Å². The number of furan rings is 1. The predicted octanol–water partition coefficient (Wildman–Crippen LogP) is 4.90. The number of fused-ring (bicyclic) bond motifs is 3. The molecule has 0 amide bonds. The van der Waals surface area contributed by atoms with E-state index in [4.69, 9.17) is 4.42 Å². The lowest BCUT2D eigenvalue weighted by Gasteiger charge is -2.32. The van der Waals surface area contributed by atoms with Crippen molar-refractivity contribution in [2.45, 2.75) is 35.4 Å². The summed E-state index contributed by atoms with van der Waals surface area (Å²) < 4.78 is 33.5. The maximum atomic E-state index is 13.9. The summed E-state index contributed by atoms with van der Waals surface area (Å²) in [6, 6.07) is 5.61. The molecule has 2 N–H and O–H groups in total. The van der Waals surface area contributed by atoms with Gasteiger partial charge in [0.25, 0.3) is 0 Å². The number of imidazole rings is 1. The van der Waals surface area contributed by atoms with Gasteiger partial charge in [-0.15, -0.1) is 0 Å². The number of H-pyrrole nitrogens is 2. The normalized spacial score (nSPS) is 20.6. The number of nitrogens with zero attached hydrogens (tertiary/aromatic N) is 3. The fourth-order valence-electron chi connectivity index (χ4n) is 4.41. The van der Waals surface area contributed by atoms with Crippen LogP contribution in [0.5, 0.6) is 0 Å². The number of aromatic nitrogens is 4. The molecule has 156 valence electrons. The number of nitrogens with one attached hydrogen (secondary N) is 2. The number of halogens is 2. The number of Topliss-reactive ketones (excluding diaryl/α,β-unsaturated/α-hetero) is 1. The van der Waals surface area contributed by atoms with Crippen molar-refractivity contribution in [1.29, 1.82) is 0 Å². The zero-order chi connectivity index (χ0) is 21.1. The average Bonchev–Trinajstić information content (AvgIpc) is 3.46. The fourth-order valence-corrected chi connectivity index (χ4v) is 5.17. The minimum absolute atomic E-state index is 0.0691. The number of ketones is 1. The molecule has 1 fully saturated rings. The molecule has 1 aromatic carbocycles. The molecule has 6 rings (SSSR count). The van der Waals surface area contributed by atoms with Crippen molar-refractivity contribution in [3.8, 4) is 0 Å². The maximum absolute atomic E-state index is 13.9. The largest absolute Gasteiger partial charge is 0.454 e. The first-order valence-corrected chi connectivity index (χ1v) is 10.6. The van der Waals surface area contributed by atoms with Crippen LogP contribution in [0.1, 0.15) is 36.5 Å². The van der Waals surface area contributed by atoms with Gasteiger partial charge in [0.1, 0.15) is 22.9 Å². The number of aliphatic imine (C=N–C) groups is 1. The smallest absolute Gasteiger partial charge is 0.174 e. The quantitative estimate of drug-likeness (QED) is 0.473. The Kier molecular flexibility index (Phi) is 4.10. The van der Waals surface area contributed by atoms with E-state index in [9.17, 15) is 13.6 Å². The van der Waals surface area contributed by atoms with Gasteiger partial charge in [0, 0.05) is 23.8 Å². The Hall–Kier alpha value is -3.27. The van der Waals surface area contributed by atoms with E-state index in [0.29, 0.717) is 28.2 Å². The summed E-state index contributed by atoms with van der Waals surface area (Å²) >= 11 is 1.17. The molecule has 1 saturated carbocycles. The SMILES string of the molecule is O=C1CCCC2=Nc3[nH]ncc3C(c3ccc(Sc4nc5c(F)cc(F)cc5[nH]4)o3)C12. The van der Waals surface area contributed by atoms with Gasteiger partial charge in [0.15, 0.2) is 21.9 Å². The highest BCUT2D eigenvalue weighted by Gasteiger charge is 2.42. The average molecular weight is 439 g/mol. The molecule has 3 aromatic heterocycles. The third-order valence-corrected chi connectivity index (χ3v) is 6.53. The van der Waals surface area contributed by atoms with Crippen LogP contribution in [0.2, 0.25) is 0 Å². The van der Waals surface area contributed by atoms with E-state index in [2.05, 4.69) is 25.2 Å². The van der Waals surface area contributed by atoms with Crippen molar-refractivity contribution in [2.75, 3.05) is 0 Å². The number of hydrogen-bond acceptors (Lipinski definition) is 6. The minimum atomic E-state index is -0.726. The third kappa shape index (κ3) is 3.01. The standard InChI is InChI=1S/C21H15F2N5O2S/c22-9-6-11(23)19-13(7-9)26-21(27-19)31-16-5-4-15(30-16)17-10-8-24-28-20(10)25-12-2-1-3-14(29)18(12)17/h4-8,17-18H,1-3H2,(H,24,28)(H,26,27). The Bertz CT molecular complexity index is 1370. The second-order valence-corrected chi connectivity index (χ2v) is 8.63. The molecule has 0 saturated heterocycles. The molecule has 0 radical (unpaired) electrons. The summed E-state index contributed by atoms with van der Waals surface area (Å²) in [4.78, 5) is 24.5. The maximum Gasteiger partial charge on any atom is 0.174 e. The van der Waals surface area contributed by atoms with Crippen LogP contribution in [-0.4, -0.2) is 31.7 Å². The van der Waals surface area contributed by atoms with Crippen molar-refractivity contribution < 1.29 is 18.0 Å². The predicted molar refractivity (Wildman–Crippen MR) is 109 cm³/mol. The number of aromatic amines is 2. The summed E-state index contributed by atoms with van der Waals surface area (Å²) in [5.41, 5.74) is 2.03. The van der Waals surface area contributed by atoms with Gasteiger partial charge in [-0.25, -0.2) is 18.8 Å². The molecule has 31 heavy (non-hydrogen) atoms. The molecule has 0 bridgehead atoms. The van der Waals surface area contributed by atoms with Gasteiger partial charge in [0.2, 0.25) is 0 Å². The molecular weight excluding hydrogens is 424 g/mol. The van der Waals surface area contributed by atoms with Crippen LogP contribution in [0.25, 0.3) is 11.0 Å². The highest BCUT2D eigenvalue weighted by molar-refractivity contribution is 7.99. The first-order chi connectivity index (χ1) is 15.1. The number of rotatable bonds is 3. The molecule has 0 spiro atoms. The van der Waals surface area contributed by atoms with E-state index in [1.807, 2.05) is 6.07 Å². The van der Waals surface area contributed by atoms with Crippen LogP contribution >= 0.6 is 11.8 Å². The molecule has 1 aliphatic carbocycles. The topological polar surface area (TPSA) is 99.9 Å². The summed E-state index contributed by atoms with van der Waals surface area (Å²) in [5.74, 6) is -0.611. The van der Waals surface area contributed by atoms with E-state index in [1.165, 1.54) is 17.8 Å². The molecule has 2 aliphatic rings. The highest BCUT2D eigenvalue weighted by Crippen LogP contribution is 2.46. The van der Waals surface area contributed by atoms with Crippen molar-refractivity contribution in [3.63, 3.8) is 0 Å². The van der Waals surface area contributed by atoms with Crippen LogP contribution in [-0.2, 0) is 4.79 Å². The van der Waals surface area contributed by atoms with E-state index < -0.39 is 11.6 Å². The van der Waals surface area contributed by atoms with Gasteiger partial charge in [-0.05, 0) is 42.8 Å². The Morgan fingerprint density at radius 2 is 2.06 bits per heavy atom. The van der Waals surface area contributed by atoms with Crippen molar-refractivity contribution in [2.24, 2.45) is 10.9 Å². The zero-order valence-electron chi connectivity index (χ0n) is 16.0. The minimum Gasteiger partial charge on any atom is -0.454 e. The second-order valence-electron chi connectivity index (χ2n) is 7.64. The lowest BCUT2D eigenvalue weighted by Crippen LogP contribution is -2.36. The van der Waals surface area contributed by atoms with Crippen LogP contribution < -0.4 is 0 Å². The number of carbonyl (C=O) groups is 1. The van der Waals surface area contributed by atoms with Crippen molar-refractivity contribution in [3.05, 3.63) is 53.4 Å². The molecule has 10 heteroatoms. The van der Waals surface area contributed by atoms with E-state index in [0.717, 1.165) is 30.2 Å². The zero-order valence-corrected chi connectivity index (χ0v) is 16.8. The Labute approximate surface area is 178 Å². The van der Waals surface area contributed by atoms with Crippen LogP contribution in [0.15, 0.2) is 50.1 Å². The van der Waals surface area contributed by atoms with Gasteiger partial charge in [-0.1, -0.05) is 0 Å². The third-order valence-electron chi connectivity index (χ3n) is 5.72. The highest BCUT2D eigenvalue weighted by atomic mass is 32.2. The van der Waals surface area contributed by atoms with Gasteiger partial charge in [0.05, 0.1) is 23.5 Å². The van der Waals surface area contributed by atoms with Gasteiger partial charge < -0.3 is 9.40 Å². The summed E-state index contributed by atoms with van der Waals surface area (Å²) in [7, 11) is 0. The van der Waals surface area contributed by atoms with E-state index >= 15 is 0 Å². The monoisotopic (exact) mass is 439 g/mol.